The molecule has 0 aromatic rings. The Labute approximate surface area is 123 Å². The highest BCUT2D eigenvalue weighted by Crippen LogP contribution is 2.23. The van der Waals surface area contributed by atoms with Crippen molar-refractivity contribution in [2.45, 2.75) is 20.3 Å². The Balaban J connectivity index is 2.73. The molecular formula is C14H23BrN2O2. The van der Waals surface area contributed by atoms with Gasteiger partial charge in [0, 0.05) is 23.8 Å². The minimum Gasteiger partial charge on any atom is -0.466 e. The molecule has 2 N–H and O–H groups in total. The highest BCUT2D eigenvalue weighted by molar-refractivity contribution is 9.11. The van der Waals surface area contributed by atoms with E-state index in [0.29, 0.717) is 22.5 Å². The summed E-state index contributed by atoms with van der Waals surface area (Å²) in [4.78, 5) is 14.1. The number of halogens is 1. The van der Waals surface area contributed by atoms with Crippen molar-refractivity contribution in [2.75, 3.05) is 26.7 Å². The van der Waals surface area contributed by atoms with Crippen molar-refractivity contribution >= 4 is 21.9 Å². The minimum atomic E-state index is -0.301. The van der Waals surface area contributed by atoms with E-state index in [2.05, 4.69) is 34.7 Å². The molecule has 2 atom stereocenters. The van der Waals surface area contributed by atoms with Crippen LogP contribution in [0.1, 0.15) is 20.3 Å². The summed E-state index contributed by atoms with van der Waals surface area (Å²) in [5.74, 6) is 1.10. The van der Waals surface area contributed by atoms with Crippen molar-refractivity contribution in [1.29, 1.82) is 0 Å². The van der Waals surface area contributed by atoms with Gasteiger partial charge < -0.3 is 10.5 Å². The van der Waals surface area contributed by atoms with Crippen molar-refractivity contribution in [3.05, 3.63) is 22.3 Å². The number of piperidine rings is 1. The molecule has 0 aliphatic carbocycles. The predicted octanol–water partition coefficient (Wildman–Crippen LogP) is 2.26. The summed E-state index contributed by atoms with van der Waals surface area (Å²) < 4.78 is 5.51. The lowest BCUT2D eigenvalue weighted by Crippen LogP contribution is -2.40. The first-order valence-corrected chi connectivity index (χ1v) is 7.35. The van der Waals surface area contributed by atoms with Crippen molar-refractivity contribution in [3.8, 4) is 0 Å². The number of methoxy groups -OCH3 is 1. The van der Waals surface area contributed by atoms with Crippen LogP contribution in [0.4, 0.5) is 0 Å². The van der Waals surface area contributed by atoms with Crippen LogP contribution in [0, 0.1) is 11.8 Å². The van der Waals surface area contributed by atoms with E-state index in [1.54, 1.807) is 6.08 Å². The van der Waals surface area contributed by atoms with E-state index in [1.807, 2.05) is 0 Å². The second-order valence-corrected chi connectivity index (χ2v) is 6.11. The molecule has 0 bridgehead atoms. The van der Waals surface area contributed by atoms with E-state index in [-0.39, 0.29) is 5.97 Å². The number of nitrogens with two attached hydrogens (primary N) is 1. The molecule has 1 aliphatic heterocycles. The van der Waals surface area contributed by atoms with Crippen LogP contribution in [0.5, 0.6) is 0 Å². The van der Waals surface area contributed by atoms with E-state index in [0.717, 1.165) is 19.0 Å². The smallest absolute Gasteiger partial charge is 0.335 e. The van der Waals surface area contributed by atoms with Crippen LogP contribution in [0.3, 0.4) is 0 Å². The third kappa shape index (κ3) is 4.99. The number of esters is 1. The molecule has 2 unspecified atom stereocenters. The number of hydrogen-bond donors (Lipinski definition) is 1. The van der Waals surface area contributed by atoms with Crippen LogP contribution in [0.2, 0.25) is 0 Å². The summed E-state index contributed by atoms with van der Waals surface area (Å²) in [5, 5.41) is 0. The zero-order valence-corrected chi connectivity index (χ0v) is 13.4. The summed E-state index contributed by atoms with van der Waals surface area (Å²) in [6, 6.07) is 0. The van der Waals surface area contributed by atoms with Gasteiger partial charge in [0.05, 0.1) is 12.7 Å². The van der Waals surface area contributed by atoms with Gasteiger partial charge in [0.1, 0.15) is 0 Å². The zero-order chi connectivity index (χ0) is 14.4. The Hall–Kier alpha value is -0.810. The van der Waals surface area contributed by atoms with Crippen LogP contribution in [0.15, 0.2) is 22.3 Å². The van der Waals surface area contributed by atoms with Gasteiger partial charge in [-0.15, -0.1) is 0 Å². The molecular weight excluding hydrogens is 308 g/mol. The average molecular weight is 331 g/mol. The number of nitrogens with zero attached hydrogens (tertiary/aromatic N) is 1. The molecule has 19 heavy (non-hydrogen) atoms. The predicted molar refractivity (Wildman–Crippen MR) is 80.7 cm³/mol. The van der Waals surface area contributed by atoms with Gasteiger partial charge in [-0.25, -0.2) is 4.79 Å². The first-order valence-electron chi connectivity index (χ1n) is 6.56. The third-order valence-electron chi connectivity index (χ3n) is 3.73. The highest BCUT2D eigenvalue weighted by atomic mass is 79.9. The molecule has 1 heterocycles. The fourth-order valence-corrected chi connectivity index (χ4v) is 2.52. The zero-order valence-electron chi connectivity index (χ0n) is 11.9. The maximum absolute atomic E-state index is 11.8. The standard InChI is InChI=1S/C14H23BrN2O2/c1-10-4-5-17(8-11(10)2)9-12(14(18)19-3)6-13(15)7-16/h6-7,10-11H,4-5,8-9,16H2,1-3H3/b12-6+,13-7+. The van der Waals surface area contributed by atoms with Gasteiger partial charge in [-0.1, -0.05) is 13.8 Å². The fraction of sp³-hybridized carbons (Fsp3) is 0.643. The molecule has 108 valence electrons. The molecule has 0 aromatic heterocycles. The molecule has 0 radical (unpaired) electrons. The van der Waals surface area contributed by atoms with Crippen LogP contribution in [-0.2, 0) is 9.53 Å². The molecule has 1 aliphatic rings. The third-order valence-corrected chi connectivity index (χ3v) is 4.22. The monoisotopic (exact) mass is 330 g/mol. The number of carbonyl (C=O) groups excluding carboxylic acids is 1. The summed E-state index contributed by atoms with van der Waals surface area (Å²) >= 11 is 3.29. The Bertz CT molecular complexity index is 380. The number of allylic oxidation sites excluding steroid dienone is 2. The molecule has 0 spiro atoms. The van der Waals surface area contributed by atoms with Crippen molar-refractivity contribution in [1.82, 2.24) is 4.90 Å². The van der Waals surface area contributed by atoms with Crippen LogP contribution in [0.25, 0.3) is 0 Å². The van der Waals surface area contributed by atoms with Gasteiger partial charge in [0.15, 0.2) is 0 Å². The van der Waals surface area contributed by atoms with E-state index in [9.17, 15) is 4.79 Å². The van der Waals surface area contributed by atoms with E-state index in [4.69, 9.17) is 10.5 Å². The van der Waals surface area contributed by atoms with Gasteiger partial charge in [-0.2, -0.15) is 0 Å². The SMILES string of the molecule is COC(=O)/C(=C/C(Br)=C\N)CN1CCC(C)C(C)C1. The Morgan fingerprint density at radius 3 is 2.68 bits per heavy atom. The first kappa shape index (κ1) is 16.2. The average Bonchev–Trinajstić information content (AvgIpc) is 2.41. The van der Waals surface area contributed by atoms with Crippen LogP contribution < -0.4 is 5.73 Å². The summed E-state index contributed by atoms with van der Waals surface area (Å²) in [6.45, 7) is 7.18. The van der Waals surface area contributed by atoms with E-state index < -0.39 is 0 Å². The van der Waals surface area contributed by atoms with Gasteiger partial charge in [-0.3, -0.25) is 4.90 Å². The molecule has 0 saturated carbocycles. The Morgan fingerprint density at radius 1 is 1.47 bits per heavy atom. The van der Waals surface area contributed by atoms with Gasteiger partial charge in [0.2, 0.25) is 0 Å². The maximum Gasteiger partial charge on any atom is 0.335 e. The van der Waals surface area contributed by atoms with Crippen LogP contribution in [-0.4, -0.2) is 37.6 Å². The Morgan fingerprint density at radius 2 is 2.16 bits per heavy atom. The molecule has 1 fully saturated rings. The lowest BCUT2D eigenvalue weighted by molar-refractivity contribution is -0.136. The Kier molecular flexibility index (Phi) is 6.58. The number of likely N-dealkylation sites (tertiary alicyclic amines) is 1. The molecule has 1 rings (SSSR count). The normalized spacial score (nSPS) is 26.3. The number of carbonyl (C=O) groups is 1. The molecule has 0 aromatic carbocycles. The fourth-order valence-electron chi connectivity index (χ4n) is 2.25. The molecule has 1 saturated heterocycles. The second-order valence-electron chi connectivity index (χ2n) is 5.19. The lowest BCUT2D eigenvalue weighted by Gasteiger charge is -2.35. The van der Waals surface area contributed by atoms with E-state index in [1.165, 1.54) is 19.7 Å². The molecule has 0 amide bonds. The summed E-state index contributed by atoms with van der Waals surface area (Å²) in [5.41, 5.74) is 6.04. The van der Waals surface area contributed by atoms with Gasteiger partial charge >= 0.3 is 5.97 Å². The summed E-state index contributed by atoms with van der Waals surface area (Å²) in [6.07, 6.45) is 4.32. The molecule has 5 heteroatoms. The maximum atomic E-state index is 11.8. The topological polar surface area (TPSA) is 55.6 Å². The second kappa shape index (κ2) is 7.70. The van der Waals surface area contributed by atoms with Crippen LogP contribution >= 0.6 is 15.9 Å². The number of rotatable bonds is 4. The highest BCUT2D eigenvalue weighted by Gasteiger charge is 2.24. The number of hydrogen-bond acceptors (Lipinski definition) is 4. The van der Waals surface area contributed by atoms with E-state index >= 15 is 0 Å². The minimum absolute atomic E-state index is 0.301. The van der Waals surface area contributed by atoms with Crippen molar-refractivity contribution in [2.24, 2.45) is 17.6 Å². The van der Waals surface area contributed by atoms with Gasteiger partial charge in [-0.05, 0) is 46.8 Å². The number of ether oxygens (including phenoxy) is 1. The quantitative estimate of drug-likeness (QED) is 0.488. The largest absolute Gasteiger partial charge is 0.466 e. The first-order chi connectivity index (χ1) is 8.97. The summed E-state index contributed by atoms with van der Waals surface area (Å²) in [7, 11) is 1.40. The molecule has 4 nitrogen and oxygen atoms in total. The van der Waals surface area contributed by atoms with Gasteiger partial charge in [0.25, 0.3) is 0 Å². The van der Waals surface area contributed by atoms with Crippen molar-refractivity contribution < 1.29 is 9.53 Å². The lowest BCUT2D eigenvalue weighted by atomic mass is 9.88. The van der Waals surface area contributed by atoms with Crippen molar-refractivity contribution in [3.63, 3.8) is 0 Å².